The highest BCUT2D eigenvalue weighted by atomic mass is 19.4. The number of aromatic nitrogens is 2. The molecule has 0 aliphatic carbocycles. The molecule has 3 rings (SSSR count). The first kappa shape index (κ1) is 21.2. The first-order chi connectivity index (χ1) is 13.3. The lowest BCUT2D eigenvalue weighted by Crippen LogP contribution is -2.60. The number of alkyl halides is 3. The Bertz CT molecular complexity index is 846. The molecule has 1 aliphatic heterocycles. The molecule has 0 bridgehead atoms. The number of nitrogens with zero attached hydrogens (tertiary/aromatic N) is 2. The molecule has 9 heteroatoms. The summed E-state index contributed by atoms with van der Waals surface area (Å²) in [6.07, 6.45) is -1.22. The first-order valence-corrected chi connectivity index (χ1v) is 9.45. The van der Waals surface area contributed by atoms with E-state index < -0.39 is 11.7 Å². The summed E-state index contributed by atoms with van der Waals surface area (Å²) >= 11 is 0. The summed E-state index contributed by atoms with van der Waals surface area (Å²) in [6.45, 7) is 8.63. The van der Waals surface area contributed by atoms with E-state index in [0.717, 1.165) is 25.0 Å². The lowest BCUT2D eigenvalue weighted by atomic mass is 9.79. The molecule has 1 aromatic carbocycles. The van der Waals surface area contributed by atoms with E-state index in [2.05, 4.69) is 53.6 Å². The van der Waals surface area contributed by atoms with Crippen LogP contribution in [0.4, 0.5) is 36.2 Å². The molecule has 1 aromatic heterocycles. The van der Waals surface area contributed by atoms with Crippen LogP contribution in [0.3, 0.4) is 0 Å². The summed E-state index contributed by atoms with van der Waals surface area (Å²) in [5.41, 5.74) is 6.23. The quantitative estimate of drug-likeness (QED) is 0.594. The molecule has 0 saturated carbocycles. The monoisotopic (exact) mass is 408 g/mol. The Kier molecular flexibility index (Phi) is 5.38. The average Bonchev–Trinajstić information content (AvgIpc) is 2.55. The summed E-state index contributed by atoms with van der Waals surface area (Å²) in [7, 11) is 0. The Balaban J connectivity index is 1.76. The highest BCUT2D eigenvalue weighted by molar-refractivity contribution is 5.77. The maximum Gasteiger partial charge on any atom is 0.416 e. The van der Waals surface area contributed by atoms with Crippen molar-refractivity contribution in [3.8, 4) is 0 Å². The number of hydrogen-bond acceptors (Lipinski definition) is 6. The van der Waals surface area contributed by atoms with Gasteiger partial charge in [-0.2, -0.15) is 13.2 Å². The number of halogens is 3. The third-order valence-electron chi connectivity index (χ3n) is 4.89. The predicted octanol–water partition coefficient (Wildman–Crippen LogP) is 4.54. The van der Waals surface area contributed by atoms with Crippen LogP contribution in [0.5, 0.6) is 0 Å². The molecule has 0 radical (unpaired) electrons. The van der Waals surface area contributed by atoms with Gasteiger partial charge in [0.25, 0.3) is 0 Å². The van der Waals surface area contributed by atoms with Gasteiger partial charge in [-0.1, -0.05) is 0 Å². The molecule has 1 fully saturated rings. The van der Waals surface area contributed by atoms with Crippen molar-refractivity contribution >= 4 is 23.0 Å². The Morgan fingerprint density at radius 1 is 1.00 bits per heavy atom. The van der Waals surface area contributed by atoms with Crippen LogP contribution in [0.2, 0.25) is 0 Å². The number of nitrogens with two attached hydrogens (primary N) is 1. The van der Waals surface area contributed by atoms with Gasteiger partial charge in [0.05, 0.1) is 5.56 Å². The van der Waals surface area contributed by atoms with Crippen molar-refractivity contribution in [2.45, 2.75) is 63.8 Å². The summed E-state index contributed by atoms with van der Waals surface area (Å²) in [5, 5.41) is 10.0. The molecule has 0 atom stereocenters. The maximum absolute atomic E-state index is 12.7. The van der Waals surface area contributed by atoms with Crippen LogP contribution in [0.25, 0.3) is 0 Å². The van der Waals surface area contributed by atoms with Crippen LogP contribution in [-0.2, 0) is 6.18 Å². The number of anilines is 4. The van der Waals surface area contributed by atoms with Gasteiger partial charge in [0.1, 0.15) is 12.0 Å². The van der Waals surface area contributed by atoms with Gasteiger partial charge in [-0.05, 0) is 64.8 Å². The van der Waals surface area contributed by atoms with Gasteiger partial charge < -0.3 is 21.7 Å². The third-order valence-corrected chi connectivity index (χ3v) is 4.89. The smallest absolute Gasteiger partial charge is 0.393 e. The number of nitrogen functional groups attached to an aromatic ring is 1. The van der Waals surface area contributed by atoms with Crippen molar-refractivity contribution < 1.29 is 13.2 Å². The molecule has 2 heterocycles. The molecule has 1 saturated heterocycles. The van der Waals surface area contributed by atoms with Gasteiger partial charge in [-0.25, -0.2) is 9.97 Å². The van der Waals surface area contributed by atoms with E-state index in [1.165, 1.54) is 18.5 Å². The number of piperidine rings is 1. The van der Waals surface area contributed by atoms with Gasteiger partial charge in [-0.15, -0.1) is 0 Å². The summed E-state index contributed by atoms with van der Waals surface area (Å²) in [4.78, 5) is 8.39. The number of hydrogen-bond donors (Lipinski definition) is 4. The summed E-state index contributed by atoms with van der Waals surface area (Å²) < 4.78 is 38.2. The van der Waals surface area contributed by atoms with Crippen molar-refractivity contribution in [1.82, 2.24) is 15.3 Å². The van der Waals surface area contributed by atoms with E-state index >= 15 is 0 Å². The second-order valence-electron chi connectivity index (χ2n) is 8.83. The first-order valence-electron chi connectivity index (χ1n) is 9.45. The van der Waals surface area contributed by atoms with Crippen LogP contribution >= 0.6 is 0 Å². The topological polar surface area (TPSA) is 87.9 Å². The van der Waals surface area contributed by atoms with Crippen LogP contribution in [0.15, 0.2) is 30.6 Å². The highest BCUT2D eigenvalue weighted by Crippen LogP contribution is 2.34. The zero-order valence-corrected chi connectivity index (χ0v) is 17.0. The molecule has 5 N–H and O–H groups in total. The standard InChI is InChI=1S/C20H27F3N6/c1-18(2)9-14(10-19(3,4)29-18)28-17-15(24)16(25-11-26-17)27-13-7-5-12(6-8-13)20(21,22)23/h5-8,11,14,29H,9-10,24H2,1-4H3,(H2,25,26,27,28). The van der Waals surface area contributed by atoms with Crippen LogP contribution in [0.1, 0.15) is 46.1 Å². The van der Waals surface area contributed by atoms with E-state index in [0.29, 0.717) is 23.0 Å². The molecular weight excluding hydrogens is 381 g/mol. The van der Waals surface area contributed by atoms with E-state index in [4.69, 9.17) is 5.73 Å². The van der Waals surface area contributed by atoms with Crippen LogP contribution in [0, 0.1) is 0 Å². The van der Waals surface area contributed by atoms with Gasteiger partial charge >= 0.3 is 6.18 Å². The van der Waals surface area contributed by atoms with Crippen molar-refractivity contribution in [2.24, 2.45) is 0 Å². The third kappa shape index (κ3) is 5.29. The average molecular weight is 408 g/mol. The predicted molar refractivity (Wildman–Crippen MR) is 109 cm³/mol. The Hall–Kier alpha value is -2.55. The molecule has 158 valence electrons. The van der Waals surface area contributed by atoms with Crippen molar-refractivity contribution in [3.63, 3.8) is 0 Å². The largest absolute Gasteiger partial charge is 0.416 e. The van der Waals surface area contributed by atoms with Gasteiger partial charge in [0.15, 0.2) is 11.6 Å². The fourth-order valence-electron chi connectivity index (χ4n) is 4.11. The Labute approximate surface area is 168 Å². The SMILES string of the molecule is CC1(C)CC(Nc2ncnc(Nc3ccc(C(F)(F)F)cc3)c2N)CC(C)(C)N1. The zero-order valence-electron chi connectivity index (χ0n) is 17.0. The minimum atomic E-state index is -4.38. The lowest BCUT2D eigenvalue weighted by molar-refractivity contribution is -0.137. The molecule has 0 spiro atoms. The van der Waals surface area contributed by atoms with Crippen molar-refractivity contribution in [2.75, 3.05) is 16.4 Å². The zero-order chi connectivity index (χ0) is 21.4. The lowest BCUT2D eigenvalue weighted by Gasteiger charge is -2.46. The van der Waals surface area contributed by atoms with E-state index in [1.807, 2.05) is 0 Å². The Morgan fingerprint density at radius 3 is 2.10 bits per heavy atom. The number of benzene rings is 1. The summed E-state index contributed by atoms with van der Waals surface area (Å²) in [6, 6.07) is 4.87. The minimum absolute atomic E-state index is 0.0392. The Morgan fingerprint density at radius 2 is 1.55 bits per heavy atom. The molecule has 0 amide bonds. The molecule has 0 unspecified atom stereocenters. The molecular formula is C20H27F3N6. The second kappa shape index (κ2) is 7.37. The molecule has 1 aliphatic rings. The van der Waals surface area contributed by atoms with E-state index in [1.54, 1.807) is 0 Å². The van der Waals surface area contributed by atoms with E-state index in [9.17, 15) is 13.2 Å². The summed E-state index contributed by atoms with van der Waals surface area (Å²) in [5.74, 6) is 0.850. The fraction of sp³-hybridized carbons (Fsp3) is 0.500. The molecule has 29 heavy (non-hydrogen) atoms. The van der Waals surface area contributed by atoms with E-state index in [-0.39, 0.29) is 17.1 Å². The van der Waals surface area contributed by atoms with Gasteiger partial charge in [-0.3, -0.25) is 0 Å². The van der Waals surface area contributed by atoms with Gasteiger partial charge in [0.2, 0.25) is 0 Å². The van der Waals surface area contributed by atoms with Gasteiger partial charge in [0, 0.05) is 22.8 Å². The maximum atomic E-state index is 12.7. The fourth-order valence-corrected chi connectivity index (χ4v) is 4.11. The molecule has 2 aromatic rings. The molecule has 6 nitrogen and oxygen atoms in total. The van der Waals surface area contributed by atoms with Crippen LogP contribution < -0.4 is 21.7 Å². The van der Waals surface area contributed by atoms with Crippen molar-refractivity contribution in [3.05, 3.63) is 36.2 Å². The number of rotatable bonds is 4. The number of nitrogens with one attached hydrogen (secondary N) is 3. The second-order valence-corrected chi connectivity index (χ2v) is 8.83. The normalized spacial score (nSPS) is 19.0. The van der Waals surface area contributed by atoms with Crippen LogP contribution in [-0.4, -0.2) is 27.1 Å². The van der Waals surface area contributed by atoms with Crippen molar-refractivity contribution in [1.29, 1.82) is 0 Å². The highest BCUT2D eigenvalue weighted by Gasteiger charge is 2.38. The minimum Gasteiger partial charge on any atom is -0.393 e.